The Labute approximate surface area is 84.2 Å². The summed E-state index contributed by atoms with van der Waals surface area (Å²) in [5, 5.41) is 3.35. The van der Waals surface area contributed by atoms with Crippen LogP contribution < -0.4 is 5.73 Å². The molecule has 2 N–H and O–H groups in total. The van der Waals surface area contributed by atoms with Crippen LogP contribution >= 0.6 is 11.3 Å². The Kier molecular flexibility index (Phi) is 4.39. The molecule has 0 aromatic carbocycles. The number of nitrogens with zero attached hydrogens (tertiary/aromatic N) is 1. The molecular formula is C10H18N2S. The van der Waals surface area contributed by atoms with Crippen molar-refractivity contribution in [2.75, 3.05) is 0 Å². The van der Waals surface area contributed by atoms with E-state index in [0.717, 1.165) is 25.7 Å². The van der Waals surface area contributed by atoms with Crippen LogP contribution in [0, 0.1) is 0 Å². The minimum absolute atomic E-state index is 0.289. The minimum atomic E-state index is 0.289. The molecule has 0 radical (unpaired) electrons. The van der Waals surface area contributed by atoms with Crippen LogP contribution in [0.4, 0.5) is 0 Å². The second kappa shape index (κ2) is 5.35. The number of nitrogens with two attached hydrogens (primary N) is 1. The zero-order chi connectivity index (χ0) is 9.68. The first-order chi connectivity index (χ1) is 6.26. The average molecular weight is 198 g/mol. The molecule has 0 aliphatic rings. The highest BCUT2D eigenvalue weighted by Gasteiger charge is 2.05. The standard InChI is InChI=1S/C10H18N2S/c1-3-5-8(11)6-9-7-13-10(4-2)12-9/h7-8H,3-6,11H2,1-2H3. The second-order valence-electron chi connectivity index (χ2n) is 3.34. The van der Waals surface area contributed by atoms with Gasteiger partial charge in [0.2, 0.25) is 0 Å². The number of aryl methyl sites for hydroxylation is 1. The maximum Gasteiger partial charge on any atom is 0.0925 e. The summed E-state index contributed by atoms with van der Waals surface area (Å²) in [6.45, 7) is 4.30. The normalized spacial score (nSPS) is 13.2. The van der Waals surface area contributed by atoms with Crippen LogP contribution in [-0.2, 0) is 12.8 Å². The van der Waals surface area contributed by atoms with Gasteiger partial charge in [-0.05, 0) is 12.8 Å². The van der Waals surface area contributed by atoms with Crippen LogP contribution in [0.3, 0.4) is 0 Å². The molecule has 1 rings (SSSR count). The summed E-state index contributed by atoms with van der Waals surface area (Å²) in [6.07, 6.45) is 4.23. The summed E-state index contributed by atoms with van der Waals surface area (Å²) in [5.41, 5.74) is 7.10. The van der Waals surface area contributed by atoms with Crippen molar-refractivity contribution in [3.8, 4) is 0 Å². The minimum Gasteiger partial charge on any atom is -0.327 e. The van der Waals surface area contributed by atoms with E-state index in [2.05, 4.69) is 24.2 Å². The molecule has 1 aromatic rings. The van der Waals surface area contributed by atoms with Crippen molar-refractivity contribution in [2.24, 2.45) is 5.73 Å². The number of hydrogen-bond donors (Lipinski definition) is 1. The Bertz CT molecular complexity index is 245. The maximum absolute atomic E-state index is 5.93. The summed E-state index contributed by atoms with van der Waals surface area (Å²) in [6, 6.07) is 0.289. The summed E-state index contributed by atoms with van der Waals surface area (Å²) < 4.78 is 0. The van der Waals surface area contributed by atoms with E-state index in [9.17, 15) is 0 Å². The highest BCUT2D eigenvalue weighted by atomic mass is 32.1. The third-order valence-electron chi connectivity index (χ3n) is 2.03. The van der Waals surface area contributed by atoms with Gasteiger partial charge in [-0.15, -0.1) is 11.3 Å². The molecular weight excluding hydrogens is 180 g/mol. The molecule has 1 heterocycles. The molecule has 0 aliphatic heterocycles. The molecule has 2 nitrogen and oxygen atoms in total. The van der Waals surface area contributed by atoms with Crippen molar-refractivity contribution in [1.29, 1.82) is 0 Å². The Hall–Kier alpha value is -0.410. The lowest BCUT2D eigenvalue weighted by Gasteiger charge is -2.06. The monoisotopic (exact) mass is 198 g/mol. The quantitative estimate of drug-likeness (QED) is 0.789. The lowest BCUT2D eigenvalue weighted by atomic mass is 10.1. The zero-order valence-corrected chi connectivity index (χ0v) is 9.23. The van der Waals surface area contributed by atoms with E-state index >= 15 is 0 Å². The summed E-state index contributed by atoms with van der Waals surface area (Å²) in [5.74, 6) is 0. The van der Waals surface area contributed by atoms with Gasteiger partial charge in [-0.3, -0.25) is 0 Å². The van der Waals surface area contributed by atoms with Gasteiger partial charge in [-0.1, -0.05) is 20.3 Å². The van der Waals surface area contributed by atoms with Gasteiger partial charge in [-0.25, -0.2) is 4.98 Å². The third kappa shape index (κ3) is 3.44. The van der Waals surface area contributed by atoms with Crippen molar-refractivity contribution in [2.45, 2.75) is 45.6 Å². The smallest absolute Gasteiger partial charge is 0.0925 e. The zero-order valence-electron chi connectivity index (χ0n) is 8.42. The van der Waals surface area contributed by atoms with Gasteiger partial charge in [0.05, 0.1) is 10.7 Å². The lowest BCUT2D eigenvalue weighted by Crippen LogP contribution is -2.22. The SMILES string of the molecule is CCCC(N)Cc1csc(CC)n1. The van der Waals surface area contributed by atoms with Crippen molar-refractivity contribution in [3.63, 3.8) is 0 Å². The van der Waals surface area contributed by atoms with Crippen LogP contribution in [0.1, 0.15) is 37.4 Å². The first-order valence-electron chi connectivity index (χ1n) is 4.95. The van der Waals surface area contributed by atoms with Crippen molar-refractivity contribution < 1.29 is 0 Å². The van der Waals surface area contributed by atoms with E-state index in [4.69, 9.17) is 5.73 Å². The van der Waals surface area contributed by atoms with E-state index in [1.807, 2.05) is 0 Å². The first kappa shape index (κ1) is 10.7. The van der Waals surface area contributed by atoms with E-state index in [1.165, 1.54) is 10.7 Å². The van der Waals surface area contributed by atoms with Gasteiger partial charge in [0, 0.05) is 17.8 Å². The lowest BCUT2D eigenvalue weighted by molar-refractivity contribution is 0.594. The van der Waals surface area contributed by atoms with Gasteiger partial charge in [0.15, 0.2) is 0 Å². The molecule has 0 saturated heterocycles. The molecule has 13 heavy (non-hydrogen) atoms. The summed E-state index contributed by atoms with van der Waals surface area (Å²) in [7, 11) is 0. The first-order valence-corrected chi connectivity index (χ1v) is 5.83. The van der Waals surface area contributed by atoms with Gasteiger partial charge in [-0.2, -0.15) is 0 Å². The molecule has 0 aliphatic carbocycles. The van der Waals surface area contributed by atoms with E-state index in [1.54, 1.807) is 11.3 Å². The van der Waals surface area contributed by atoms with Crippen LogP contribution in [0.15, 0.2) is 5.38 Å². The van der Waals surface area contributed by atoms with Crippen LogP contribution in [0.25, 0.3) is 0 Å². The van der Waals surface area contributed by atoms with Gasteiger partial charge < -0.3 is 5.73 Å². The fraction of sp³-hybridized carbons (Fsp3) is 0.700. The van der Waals surface area contributed by atoms with Crippen LogP contribution in [-0.4, -0.2) is 11.0 Å². The fourth-order valence-electron chi connectivity index (χ4n) is 1.35. The Morgan fingerprint density at radius 3 is 2.85 bits per heavy atom. The predicted molar refractivity (Wildman–Crippen MR) is 58.1 cm³/mol. The van der Waals surface area contributed by atoms with Gasteiger partial charge in [0.25, 0.3) is 0 Å². The van der Waals surface area contributed by atoms with Crippen molar-refractivity contribution >= 4 is 11.3 Å². The summed E-state index contributed by atoms with van der Waals surface area (Å²) >= 11 is 1.74. The molecule has 0 bridgehead atoms. The number of thiazole rings is 1. The highest BCUT2D eigenvalue weighted by molar-refractivity contribution is 7.09. The Morgan fingerprint density at radius 1 is 1.54 bits per heavy atom. The molecule has 0 saturated carbocycles. The molecule has 1 aromatic heterocycles. The number of rotatable bonds is 5. The highest BCUT2D eigenvalue weighted by Crippen LogP contribution is 2.12. The van der Waals surface area contributed by atoms with E-state index in [0.29, 0.717) is 0 Å². The predicted octanol–water partition coefficient (Wildman–Crippen LogP) is 2.38. The maximum atomic E-state index is 5.93. The van der Waals surface area contributed by atoms with Crippen LogP contribution in [0.5, 0.6) is 0 Å². The molecule has 1 unspecified atom stereocenters. The van der Waals surface area contributed by atoms with Crippen molar-refractivity contribution in [3.05, 3.63) is 16.1 Å². The number of aromatic nitrogens is 1. The molecule has 0 amide bonds. The van der Waals surface area contributed by atoms with E-state index in [-0.39, 0.29) is 6.04 Å². The second-order valence-corrected chi connectivity index (χ2v) is 4.28. The van der Waals surface area contributed by atoms with Gasteiger partial charge in [0.1, 0.15) is 0 Å². The Morgan fingerprint density at radius 2 is 2.31 bits per heavy atom. The molecule has 3 heteroatoms. The largest absolute Gasteiger partial charge is 0.327 e. The molecule has 1 atom stereocenters. The van der Waals surface area contributed by atoms with E-state index < -0.39 is 0 Å². The topological polar surface area (TPSA) is 38.9 Å². The van der Waals surface area contributed by atoms with Crippen LogP contribution in [0.2, 0.25) is 0 Å². The van der Waals surface area contributed by atoms with Crippen molar-refractivity contribution in [1.82, 2.24) is 4.98 Å². The van der Waals surface area contributed by atoms with Gasteiger partial charge >= 0.3 is 0 Å². The average Bonchev–Trinajstić information content (AvgIpc) is 2.52. The molecule has 0 spiro atoms. The summed E-state index contributed by atoms with van der Waals surface area (Å²) in [4.78, 5) is 4.49. The molecule has 74 valence electrons. The molecule has 0 fully saturated rings. The third-order valence-corrected chi connectivity index (χ3v) is 3.07. The number of hydrogen-bond acceptors (Lipinski definition) is 3. The fourth-order valence-corrected chi connectivity index (χ4v) is 2.10. The Balaban J connectivity index is 2.44.